The molecule has 1 atom stereocenters. The molecule has 0 unspecified atom stereocenters. The molecule has 2 aromatic carbocycles. The van der Waals surface area contributed by atoms with Crippen LogP contribution in [0.4, 0.5) is 5.00 Å². The normalized spacial score (nSPS) is 12.3. The third kappa shape index (κ3) is 6.06. The van der Waals surface area contributed by atoms with E-state index in [0.717, 1.165) is 21.8 Å². The van der Waals surface area contributed by atoms with E-state index in [1.807, 2.05) is 47.8 Å². The van der Waals surface area contributed by atoms with Gasteiger partial charge in [0.25, 0.3) is 10.1 Å². The van der Waals surface area contributed by atoms with Crippen LogP contribution in [0.2, 0.25) is 0 Å². The van der Waals surface area contributed by atoms with Crippen molar-refractivity contribution in [3.05, 3.63) is 88.0 Å². The molecule has 0 spiro atoms. The van der Waals surface area contributed by atoms with Crippen molar-refractivity contribution in [2.24, 2.45) is 0 Å². The minimum Gasteiger partial charge on any atom is -0.464 e. The van der Waals surface area contributed by atoms with Crippen molar-refractivity contribution in [3.8, 4) is 10.6 Å². The van der Waals surface area contributed by atoms with Crippen molar-refractivity contribution in [3.63, 3.8) is 0 Å². The number of methoxy groups -OCH3 is 1. The molecule has 0 radical (unpaired) electrons. The molecule has 0 bridgehead atoms. The number of aromatic nitrogens is 2. The molecule has 8 nitrogen and oxygen atoms in total. The van der Waals surface area contributed by atoms with Crippen LogP contribution in [0.15, 0.2) is 65.5 Å². The predicted octanol–water partition coefficient (Wildman–Crippen LogP) is 4.84. The topological polar surface area (TPSA) is 118 Å². The Morgan fingerprint density at radius 2 is 1.79 bits per heavy atom. The van der Waals surface area contributed by atoms with Gasteiger partial charge in [-0.2, -0.15) is 8.42 Å². The smallest absolute Gasteiger partial charge is 0.359 e. The Labute approximate surface area is 205 Å². The van der Waals surface area contributed by atoms with Crippen LogP contribution in [0.1, 0.15) is 33.4 Å². The summed E-state index contributed by atoms with van der Waals surface area (Å²) in [5.74, 6) is -0.967. The van der Waals surface area contributed by atoms with Crippen molar-refractivity contribution >= 4 is 43.8 Å². The molecule has 2 heterocycles. The molecule has 34 heavy (non-hydrogen) atoms. The minimum atomic E-state index is -4.10. The van der Waals surface area contributed by atoms with Crippen molar-refractivity contribution in [1.29, 1.82) is 0 Å². The van der Waals surface area contributed by atoms with E-state index in [2.05, 4.69) is 10.3 Å². The third-order valence-electron chi connectivity index (χ3n) is 4.96. The van der Waals surface area contributed by atoms with Gasteiger partial charge >= 0.3 is 5.97 Å². The maximum Gasteiger partial charge on any atom is 0.359 e. The maximum atomic E-state index is 12.1. The third-order valence-corrected chi connectivity index (χ3v) is 7.33. The number of hydrogen-bond donors (Lipinski definition) is 2. The number of rotatable bonds is 9. The van der Waals surface area contributed by atoms with Gasteiger partial charge in [-0.15, -0.1) is 22.7 Å². The summed E-state index contributed by atoms with van der Waals surface area (Å²) in [7, 11) is -2.79. The Kier molecular flexibility index (Phi) is 7.37. The average Bonchev–Trinajstić information content (AvgIpc) is 3.49. The maximum absolute atomic E-state index is 12.1. The molecule has 2 N–H and O–H groups in total. The van der Waals surface area contributed by atoms with Gasteiger partial charge in [0, 0.05) is 10.9 Å². The van der Waals surface area contributed by atoms with Gasteiger partial charge in [0.05, 0.1) is 24.4 Å². The van der Waals surface area contributed by atoms with Crippen LogP contribution < -0.4 is 5.32 Å². The zero-order valence-electron chi connectivity index (χ0n) is 18.0. The largest absolute Gasteiger partial charge is 0.464 e. The van der Waals surface area contributed by atoms with Crippen molar-refractivity contribution in [2.75, 3.05) is 12.4 Å². The van der Waals surface area contributed by atoms with E-state index in [1.54, 1.807) is 17.6 Å². The van der Waals surface area contributed by atoms with Crippen molar-refractivity contribution < 1.29 is 22.5 Å². The van der Waals surface area contributed by atoms with Gasteiger partial charge < -0.3 is 10.1 Å². The monoisotopic (exact) mass is 515 g/mol. The summed E-state index contributed by atoms with van der Waals surface area (Å²) >= 11 is 2.83. The first-order valence-corrected chi connectivity index (χ1v) is 13.5. The highest BCUT2D eigenvalue weighted by Gasteiger charge is 2.22. The summed E-state index contributed by atoms with van der Waals surface area (Å²) < 4.78 is 36.2. The van der Waals surface area contributed by atoms with Crippen LogP contribution in [0.5, 0.6) is 0 Å². The lowest BCUT2D eigenvalue weighted by molar-refractivity contribution is 0.0596. The van der Waals surface area contributed by atoms with Crippen LogP contribution in [-0.2, 0) is 27.0 Å². The summed E-state index contributed by atoms with van der Waals surface area (Å²) in [6, 6.07) is 16.5. The molecule has 0 amide bonds. The molecule has 2 aromatic heterocycles. The molecule has 4 rings (SSSR count). The second kappa shape index (κ2) is 10.4. The first-order chi connectivity index (χ1) is 16.3. The van der Waals surface area contributed by atoms with E-state index in [9.17, 15) is 13.2 Å². The average molecular weight is 516 g/mol. The lowest BCUT2D eigenvalue weighted by Gasteiger charge is -2.18. The van der Waals surface area contributed by atoms with Gasteiger partial charge in [0.15, 0.2) is 5.69 Å². The van der Waals surface area contributed by atoms with Gasteiger partial charge in [0.1, 0.15) is 15.8 Å². The molecule has 0 aliphatic rings. The summed E-state index contributed by atoms with van der Waals surface area (Å²) in [6.45, 7) is 0. The van der Waals surface area contributed by atoms with E-state index >= 15 is 0 Å². The van der Waals surface area contributed by atoms with E-state index in [0.29, 0.717) is 17.0 Å². The zero-order valence-corrected chi connectivity index (χ0v) is 20.5. The lowest BCUT2D eigenvalue weighted by atomic mass is 10.0. The number of carbonyl (C=O) groups excluding carboxylic acids is 1. The van der Waals surface area contributed by atoms with Crippen LogP contribution >= 0.6 is 22.7 Å². The Bertz CT molecular complexity index is 1370. The highest BCUT2D eigenvalue weighted by atomic mass is 32.2. The fraction of sp³-hybridized carbons (Fsp3) is 0.174. The number of nitrogens with one attached hydrogen (secondary N) is 1. The number of carbonyl (C=O) groups is 1. The standard InChI is InChI=1S/C23H21N3O5S3/c1-31-23(27)20-22(33-14-24-20)25-18(11-15-7-9-16(10-8-15)13-34(28,29)30)19-12-32-21(26-19)17-5-3-2-4-6-17/h2-10,12,14,18,25H,11,13H2,1H3,(H,28,29,30)/t18-/m0/s1. The van der Waals surface area contributed by atoms with Gasteiger partial charge in [-0.1, -0.05) is 54.6 Å². The second-order valence-electron chi connectivity index (χ2n) is 7.41. The SMILES string of the molecule is COC(=O)c1ncsc1N[C@@H](Cc1ccc(CS(=O)(=O)O)cc1)c1csc(-c2ccccc2)n1. The van der Waals surface area contributed by atoms with Crippen LogP contribution in [0.25, 0.3) is 10.6 Å². The molecule has 0 saturated carbocycles. The summed E-state index contributed by atoms with van der Waals surface area (Å²) in [5, 5.41) is 6.82. The molecular weight excluding hydrogens is 494 g/mol. The van der Waals surface area contributed by atoms with Gasteiger partial charge in [-0.25, -0.2) is 14.8 Å². The van der Waals surface area contributed by atoms with Crippen molar-refractivity contribution in [2.45, 2.75) is 18.2 Å². The predicted molar refractivity (Wildman–Crippen MR) is 133 cm³/mol. The van der Waals surface area contributed by atoms with E-state index < -0.39 is 21.8 Å². The van der Waals surface area contributed by atoms with Gasteiger partial charge in [-0.3, -0.25) is 4.55 Å². The number of anilines is 1. The van der Waals surface area contributed by atoms with Crippen molar-refractivity contribution in [1.82, 2.24) is 9.97 Å². The number of benzene rings is 2. The molecule has 0 aliphatic carbocycles. The highest BCUT2D eigenvalue weighted by molar-refractivity contribution is 7.85. The number of nitrogens with zero attached hydrogens (tertiary/aromatic N) is 2. The zero-order chi connectivity index (χ0) is 24.1. The molecule has 4 aromatic rings. The van der Waals surface area contributed by atoms with Crippen LogP contribution in [0, 0.1) is 0 Å². The summed E-state index contributed by atoms with van der Waals surface area (Å²) in [5.41, 5.74) is 5.02. The number of esters is 1. The number of hydrogen-bond acceptors (Lipinski definition) is 9. The molecular formula is C23H21N3O5S3. The van der Waals surface area contributed by atoms with Crippen LogP contribution in [-0.4, -0.2) is 36.0 Å². The van der Waals surface area contributed by atoms with Gasteiger partial charge in [-0.05, 0) is 17.5 Å². The Balaban J connectivity index is 1.63. The Morgan fingerprint density at radius 3 is 2.47 bits per heavy atom. The Morgan fingerprint density at radius 1 is 1.09 bits per heavy atom. The Hall–Kier alpha value is -3.12. The van der Waals surface area contributed by atoms with E-state index in [1.165, 1.54) is 29.8 Å². The second-order valence-corrected chi connectivity index (χ2v) is 10.6. The van der Waals surface area contributed by atoms with E-state index in [-0.39, 0.29) is 11.7 Å². The molecule has 0 fully saturated rings. The van der Waals surface area contributed by atoms with E-state index in [4.69, 9.17) is 14.3 Å². The first kappa shape index (κ1) is 24.0. The fourth-order valence-electron chi connectivity index (χ4n) is 3.36. The quantitative estimate of drug-likeness (QED) is 0.240. The fourth-order valence-corrected chi connectivity index (χ4v) is 5.57. The molecule has 0 aliphatic heterocycles. The van der Waals surface area contributed by atoms with Crippen LogP contribution in [0.3, 0.4) is 0 Å². The molecule has 176 valence electrons. The first-order valence-electron chi connectivity index (χ1n) is 10.1. The molecule has 0 saturated heterocycles. The van der Waals surface area contributed by atoms with Gasteiger partial charge in [0.2, 0.25) is 0 Å². The number of ether oxygens (including phenoxy) is 1. The number of thiazole rings is 2. The highest BCUT2D eigenvalue weighted by Crippen LogP contribution is 2.32. The lowest BCUT2D eigenvalue weighted by Crippen LogP contribution is -2.16. The molecule has 11 heteroatoms. The summed E-state index contributed by atoms with van der Waals surface area (Å²) in [4.78, 5) is 21.1. The summed E-state index contributed by atoms with van der Waals surface area (Å²) in [6.07, 6.45) is 0.516. The minimum absolute atomic E-state index is 0.208.